The molecular formula is C66H96. The SMILES string of the molecule is CCC(C)(C)c1ccccc1.CCC(C)(C)c1ccccc1.CCC(C)(C)c1ccccc1.CCC(C)(C)c1ccccc1.CCC(C)(C)c1ccccc1.CCC(C)(C)c1ccccc1. The monoisotopic (exact) mass is 889 g/mol. The number of hydrogen-bond acceptors (Lipinski definition) is 0. The number of hydrogen-bond donors (Lipinski definition) is 0. The maximum atomic E-state index is 2.28. The lowest BCUT2D eigenvalue weighted by atomic mass is 9.82. The molecule has 0 saturated heterocycles. The van der Waals surface area contributed by atoms with E-state index in [-0.39, 0.29) is 0 Å². The van der Waals surface area contributed by atoms with Crippen LogP contribution in [0.5, 0.6) is 0 Å². The van der Waals surface area contributed by atoms with Gasteiger partial charge in [0.2, 0.25) is 0 Å². The molecule has 0 aliphatic heterocycles. The Hall–Kier alpha value is -4.68. The first-order chi connectivity index (χ1) is 31.0. The molecule has 0 atom stereocenters. The summed E-state index contributed by atoms with van der Waals surface area (Å²) >= 11 is 0. The minimum atomic E-state index is 0.335. The van der Waals surface area contributed by atoms with Gasteiger partial charge in [-0.3, -0.25) is 0 Å². The summed E-state index contributed by atoms with van der Waals surface area (Å²) < 4.78 is 0. The van der Waals surface area contributed by atoms with Crippen LogP contribution in [0.15, 0.2) is 182 Å². The number of benzene rings is 6. The zero-order chi connectivity index (χ0) is 49.9. The number of rotatable bonds is 12. The van der Waals surface area contributed by atoms with Crippen LogP contribution in [-0.2, 0) is 32.5 Å². The molecule has 0 aliphatic carbocycles. The van der Waals surface area contributed by atoms with Crippen molar-refractivity contribution in [2.75, 3.05) is 0 Å². The van der Waals surface area contributed by atoms with Crippen molar-refractivity contribution in [2.24, 2.45) is 0 Å². The van der Waals surface area contributed by atoms with E-state index in [0.717, 1.165) is 0 Å². The van der Waals surface area contributed by atoms with Crippen LogP contribution in [0, 0.1) is 0 Å². The van der Waals surface area contributed by atoms with E-state index in [1.54, 1.807) is 0 Å². The van der Waals surface area contributed by atoms with Gasteiger partial charge in [0.05, 0.1) is 0 Å². The first kappa shape index (κ1) is 59.3. The summed E-state index contributed by atoms with van der Waals surface area (Å²) in [4.78, 5) is 0. The highest BCUT2D eigenvalue weighted by atomic mass is 14.2. The van der Waals surface area contributed by atoms with Crippen LogP contribution in [0.4, 0.5) is 0 Å². The Morgan fingerprint density at radius 2 is 0.273 bits per heavy atom. The van der Waals surface area contributed by atoms with Gasteiger partial charge in [0.1, 0.15) is 0 Å². The van der Waals surface area contributed by atoms with Crippen molar-refractivity contribution in [1.82, 2.24) is 0 Å². The molecule has 6 rings (SSSR count). The second-order valence-electron chi connectivity index (χ2n) is 21.6. The van der Waals surface area contributed by atoms with E-state index in [9.17, 15) is 0 Å². The smallest absolute Gasteiger partial charge is 0.0106 e. The fourth-order valence-corrected chi connectivity index (χ4v) is 6.56. The van der Waals surface area contributed by atoms with Gasteiger partial charge in [0.25, 0.3) is 0 Å². The zero-order valence-electron chi connectivity index (χ0n) is 45.6. The fraction of sp³-hybridized carbons (Fsp3) is 0.455. The topological polar surface area (TPSA) is 0 Å². The Balaban J connectivity index is 0.000000396. The fourth-order valence-electron chi connectivity index (χ4n) is 6.56. The summed E-state index contributed by atoms with van der Waals surface area (Å²) in [6.45, 7) is 40.7. The average Bonchev–Trinajstić information content (AvgIpc) is 3.36. The molecule has 0 bridgehead atoms. The third-order valence-corrected chi connectivity index (χ3v) is 14.6. The van der Waals surface area contributed by atoms with Gasteiger partial charge in [0, 0.05) is 0 Å². The van der Waals surface area contributed by atoms with Gasteiger partial charge in [-0.25, -0.2) is 0 Å². The Bertz CT molecular complexity index is 1650. The third kappa shape index (κ3) is 21.3. The zero-order valence-corrected chi connectivity index (χ0v) is 45.6. The van der Waals surface area contributed by atoms with Gasteiger partial charge in [-0.1, -0.05) is 307 Å². The maximum absolute atomic E-state index is 2.28. The molecule has 360 valence electrons. The van der Waals surface area contributed by atoms with Crippen LogP contribution in [0.2, 0.25) is 0 Å². The van der Waals surface area contributed by atoms with Crippen molar-refractivity contribution in [1.29, 1.82) is 0 Å². The van der Waals surface area contributed by atoms with E-state index in [1.807, 2.05) is 0 Å². The van der Waals surface area contributed by atoms with E-state index in [0.29, 0.717) is 32.5 Å². The van der Waals surface area contributed by atoms with Crippen LogP contribution in [0.25, 0.3) is 0 Å². The lowest BCUT2D eigenvalue weighted by Gasteiger charge is -2.22. The minimum Gasteiger partial charge on any atom is -0.0646 e. The molecule has 0 saturated carbocycles. The van der Waals surface area contributed by atoms with Crippen LogP contribution >= 0.6 is 0 Å². The molecule has 0 aliphatic rings. The highest BCUT2D eigenvalue weighted by molar-refractivity contribution is 5.27. The minimum absolute atomic E-state index is 0.335. The quantitative estimate of drug-likeness (QED) is 0.115. The van der Waals surface area contributed by atoms with Gasteiger partial charge in [0.15, 0.2) is 0 Å². The highest BCUT2D eigenvalue weighted by Crippen LogP contribution is 2.29. The summed E-state index contributed by atoms with van der Waals surface area (Å²) in [5.41, 5.74) is 10.6. The molecule has 6 aromatic rings. The van der Waals surface area contributed by atoms with Gasteiger partial charge in [-0.2, -0.15) is 0 Å². The molecular weight excluding hydrogens is 793 g/mol. The van der Waals surface area contributed by atoms with Crippen molar-refractivity contribution in [3.8, 4) is 0 Å². The molecule has 0 heteroatoms. The summed E-state index contributed by atoms with van der Waals surface area (Å²) in [6.07, 6.45) is 7.15. The Morgan fingerprint density at radius 3 is 0.348 bits per heavy atom. The molecule has 0 nitrogen and oxygen atoms in total. The van der Waals surface area contributed by atoms with E-state index in [1.165, 1.54) is 71.9 Å². The molecule has 0 amide bonds. The molecule has 6 aromatic carbocycles. The predicted octanol–water partition coefficient (Wildman–Crippen LogP) is 20.2. The summed E-state index contributed by atoms with van der Waals surface area (Å²) in [7, 11) is 0. The van der Waals surface area contributed by atoms with Crippen LogP contribution in [0.1, 0.15) is 197 Å². The van der Waals surface area contributed by atoms with Gasteiger partial charge >= 0.3 is 0 Å². The normalized spacial score (nSPS) is 11.5. The van der Waals surface area contributed by atoms with E-state index in [2.05, 4.69) is 307 Å². The van der Waals surface area contributed by atoms with Crippen molar-refractivity contribution >= 4 is 0 Å². The third-order valence-electron chi connectivity index (χ3n) is 14.6. The van der Waals surface area contributed by atoms with Gasteiger partial charge in [-0.15, -0.1) is 0 Å². The predicted molar refractivity (Wildman–Crippen MR) is 299 cm³/mol. The molecule has 0 heterocycles. The van der Waals surface area contributed by atoms with E-state index >= 15 is 0 Å². The first-order valence-electron chi connectivity index (χ1n) is 25.3. The second-order valence-corrected chi connectivity index (χ2v) is 21.6. The standard InChI is InChI=1S/6C11H16/c6*1-4-11(2,3)10-8-6-5-7-9-10/h6*5-9H,4H2,1-3H3. The molecule has 66 heavy (non-hydrogen) atoms. The molecule has 0 spiro atoms. The Morgan fingerprint density at radius 1 is 0.182 bits per heavy atom. The first-order valence-corrected chi connectivity index (χ1v) is 25.3. The van der Waals surface area contributed by atoms with Gasteiger partial charge < -0.3 is 0 Å². The second kappa shape index (κ2) is 29.2. The highest BCUT2D eigenvalue weighted by Gasteiger charge is 2.20. The van der Waals surface area contributed by atoms with Gasteiger partial charge in [-0.05, 0) is 104 Å². The molecule has 0 N–H and O–H groups in total. The maximum Gasteiger partial charge on any atom is -0.0106 e. The Labute approximate surface area is 409 Å². The lowest BCUT2D eigenvalue weighted by molar-refractivity contribution is 0.506. The largest absolute Gasteiger partial charge is 0.0646 e. The average molecular weight is 889 g/mol. The van der Waals surface area contributed by atoms with Crippen molar-refractivity contribution < 1.29 is 0 Å². The van der Waals surface area contributed by atoms with Crippen LogP contribution in [-0.4, -0.2) is 0 Å². The lowest BCUT2D eigenvalue weighted by Crippen LogP contribution is -2.14. The summed E-state index contributed by atoms with van der Waals surface area (Å²) in [5.74, 6) is 0. The van der Waals surface area contributed by atoms with Crippen molar-refractivity contribution in [3.05, 3.63) is 215 Å². The molecule has 0 unspecified atom stereocenters. The Kier molecular flexibility index (Phi) is 26.2. The van der Waals surface area contributed by atoms with Crippen molar-refractivity contribution in [2.45, 2.75) is 196 Å². The van der Waals surface area contributed by atoms with Crippen molar-refractivity contribution in [3.63, 3.8) is 0 Å². The van der Waals surface area contributed by atoms with E-state index < -0.39 is 0 Å². The molecule has 0 aromatic heterocycles. The van der Waals surface area contributed by atoms with E-state index in [4.69, 9.17) is 0 Å². The summed E-state index contributed by atoms with van der Waals surface area (Å²) in [5, 5.41) is 0. The molecule has 0 fully saturated rings. The summed E-state index contributed by atoms with van der Waals surface area (Å²) in [6, 6.07) is 64.0. The molecule has 0 radical (unpaired) electrons. The van der Waals surface area contributed by atoms with Crippen LogP contribution in [0.3, 0.4) is 0 Å². The van der Waals surface area contributed by atoms with Crippen LogP contribution < -0.4 is 0 Å².